The van der Waals surface area contributed by atoms with Gasteiger partial charge in [-0.1, -0.05) is 0 Å². The largest absolute Gasteiger partial charge is 0.312 e. The number of nitrogens with one attached hydrogen (secondary N) is 2. The Balaban J connectivity index is 0.00000180. The minimum absolute atomic E-state index is 0. The zero-order valence-electron chi connectivity index (χ0n) is 15.5. The van der Waals surface area contributed by atoms with Crippen molar-refractivity contribution in [2.45, 2.75) is 45.3 Å². The van der Waals surface area contributed by atoms with E-state index in [0.29, 0.717) is 5.92 Å². The first-order valence-corrected chi connectivity index (χ1v) is 9.42. The highest BCUT2D eigenvalue weighted by Crippen LogP contribution is 2.28. The molecule has 3 aromatic rings. The standard InChI is InChI=1S/C18H24N8.ClH/c1-12-15-8-13(9-20-17(15)23-21-12)11-25-5-2-14(3-6-25)18-24-22-16-10-19-4-7-26(16)18;/h8-9,14,19H,2-7,10-11H2,1H3,(H,20,21,23);1H. The van der Waals surface area contributed by atoms with Crippen LogP contribution in [0.1, 0.15) is 41.7 Å². The maximum absolute atomic E-state index is 4.50. The smallest absolute Gasteiger partial charge is 0.181 e. The average Bonchev–Trinajstić information content (AvgIpc) is 3.27. The molecule has 144 valence electrons. The van der Waals surface area contributed by atoms with Crippen molar-refractivity contribution in [1.82, 2.24) is 40.2 Å². The molecule has 0 atom stereocenters. The van der Waals surface area contributed by atoms with Crippen molar-refractivity contribution in [1.29, 1.82) is 0 Å². The number of hydrogen-bond acceptors (Lipinski definition) is 6. The highest BCUT2D eigenvalue weighted by molar-refractivity contribution is 5.85. The number of pyridine rings is 1. The van der Waals surface area contributed by atoms with Crippen LogP contribution < -0.4 is 5.32 Å². The maximum atomic E-state index is 4.50. The number of likely N-dealkylation sites (tertiary alicyclic amines) is 1. The lowest BCUT2D eigenvalue weighted by Crippen LogP contribution is -2.34. The minimum atomic E-state index is 0. The molecule has 2 aliphatic rings. The Morgan fingerprint density at radius 2 is 2.04 bits per heavy atom. The van der Waals surface area contributed by atoms with Gasteiger partial charge in [-0.15, -0.1) is 22.6 Å². The molecular weight excluding hydrogens is 364 g/mol. The number of aryl methyl sites for hydroxylation is 1. The Morgan fingerprint density at radius 1 is 1.19 bits per heavy atom. The number of piperidine rings is 1. The van der Waals surface area contributed by atoms with E-state index in [1.54, 1.807) is 0 Å². The summed E-state index contributed by atoms with van der Waals surface area (Å²) in [6, 6.07) is 2.22. The van der Waals surface area contributed by atoms with E-state index in [1.807, 2.05) is 13.1 Å². The summed E-state index contributed by atoms with van der Waals surface area (Å²) >= 11 is 0. The molecule has 1 saturated heterocycles. The fourth-order valence-corrected chi connectivity index (χ4v) is 4.17. The fourth-order valence-electron chi connectivity index (χ4n) is 4.17. The number of rotatable bonds is 3. The van der Waals surface area contributed by atoms with Crippen LogP contribution in [0.5, 0.6) is 0 Å². The number of nitrogens with zero attached hydrogens (tertiary/aromatic N) is 6. The van der Waals surface area contributed by atoms with Crippen molar-refractivity contribution >= 4 is 23.4 Å². The lowest BCUT2D eigenvalue weighted by Gasteiger charge is -2.32. The van der Waals surface area contributed by atoms with Crippen molar-refractivity contribution in [3.8, 4) is 0 Å². The Hall–Kier alpha value is -2.03. The Bertz CT molecular complexity index is 925. The number of hydrogen-bond donors (Lipinski definition) is 2. The van der Waals surface area contributed by atoms with Crippen LogP contribution >= 0.6 is 12.4 Å². The third-order valence-electron chi connectivity index (χ3n) is 5.67. The van der Waals surface area contributed by atoms with Crippen LogP contribution in [0.25, 0.3) is 11.0 Å². The van der Waals surface area contributed by atoms with Gasteiger partial charge in [0.2, 0.25) is 0 Å². The van der Waals surface area contributed by atoms with Gasteiger partial charge in [0.1, 0.15) is 11.6 Å². The molecule has 0 aliphatic carbocycles. The van der Waals surface area contributed by atoms with Gasteiger partial charge in [-0.2, -0.15) is 5.10 Å². The summed E-state index contributed by atoms with van der Waals surface area (Å²) in [5.41, 5.74) is 3.14. The SMILES string of the molecule is Cc1[nH]nc2ncc(CN3CCC(c4nnc5n4CCNC5)CC3)cc12.Cl. The first kappa shape index (κ1) is 18.3. The molecule has 27 heavy (non-hydrogen) atoms. The van der Waals surface area contributed by atoms with Crippen molar-refractivity contribution in [3.05, 3.63) is 35.2 Å². The summed E-state index contributed by atoms with van der Waals surface area (Å²) < 4.78 is 2.33. The number of aromatic amines is 1. The normalized spacial score (nSPS) is 18.4. The van der Waals surface area contributed by atoms with Gasteiger partial charge < -0.3 is 9.88 Å². The van der Waals surface area contributed by atoms with E-state index in [1.165, 1.54) is 11.4 Å². The quantitative estimate of drug-likeness (QED) is 0.711. The minimum Gasteiger partial charge on any atom is -0.312 e. The molecule has 2 N–H and O–H groups in total. The molecule has 0 unspecified atom stereocenters. The van der Waals surface area contributed by atoms with Crippen LogP contribution in [-0.4, -0.2) is 54.5 Å². The monoisotopic (exact) mass is 388 g/mol. The van der Waals surface area contributed by atoms with Crippen LogP contribution in [0.2, 0.25) is 0 Å². The van der Waals surface area contributed by atoms with Crippen molar-refractivity contribution in [2.24, 2.45) is 0 Å². The van der Waals surface area contributed by atoms with Gasteiger partial charge in [-0.05, 0) is 44.5 Å². The third kappa shape index (κ3) is 3.44. The van der Waals surface area contributed by atoms with Crippen LogP contribution in [-0.2, 0) is 19.6 Å². The number of halogens is 1. The summed E-state index contributed by atoms with van der Waals surface area (Å²) in [6.07, 6.45) is 4.24. The molecule has 0 amide bonds. The van der Waals surface area contributed by atoms with E-state index in [-0.39, 0.29) is 12.4 Å². The van der Waals surface area contributed by atoms with E-state index < -0.39 is 0 Å². The van der Waals surface area contributed by atoms with E-state index >= 15 is 0 Å². The first-order chi connectivity index (χ1) is 12.8. The molecule has 3 aromatic heterocycles. The van der Waals surface area contributed by atoms with Crippen LogP contribution in [0.4, 0.5) is 0 Å². The summed E-state index contributed by atoms with van der Waals surface area (Å²) in [5, 5.41) is 20.6. The number of H-pyrrole nitrogens is 1. The number of aromatic nitrogens is 6. The Morgan fingerprint density at radius 3 is 2.89 bits per heavy atom. The summed E-state index contributed by atoms with van der Waals surface area (Å²) in [5.74, 6) is 2.81. The van der Waals surface area contributed by atoms with Crippen LogP contribution in [0.15, 0.2) is 12.3 Å². The molecule has 2 aliphatic heterocycles. The van der Waals surface area contributed by atoms with Crippen molar-refractivity contribution in [2.75, 3.05) is 19.6 Å². The van der Waals surface area contributed by atoms with Crippen molar-refractivity contribution < 1.29 is 0 Å². The third-order valence-corrected chi connectivity index (χ3v) is 5.67. The fraction of sp³-hybridized carbons (Fsp3) is 0.556. The Kier molecular flexibility index (Phi) is 5.12. The van der Waals surface area contributed by atoms with Crippen molar-refractivity contribution in [3.63, 3.8) is 0 Å². The highest BCUT2D eigenvalue weighted by Gasteiger charge is 2.27. The van der Waals surface area contributed by atoms with Gasteiger partial charge >= 0.3 is 0 Å². The van der Waals surface area contributed by atoms with E-state index in [2.05, 4.69) is 46.2 Å². The molecule has 8 nitrogen and oxygen atoms in total. The second-order valence-electron chi connectivity index (χ2n) is 7.42. The topological polar surface area (TPSA) is 87.6 Å². The van der Waals surface area contributed by atoms with Gasteiger partial charge in [0, 0.05) is 42.8 Å². The maximum Gasteiger partial charge on any atom is 0.181 e. The van der Waals surface area contributed by atoms with E-state index in [0.717, 1.165) is 74.7 Å². The van der Waals surface area contributed by atoms with Gasteiger partial charge in [-0.3, -0.25) is 10.00 Å². The summed E-state index contributed by atoms with van der Waals surface area (Å²) in [6.45, 7) is 8.02. The first-order valence-electron chi connectivity index (χ1n) is 9.42. The highest BCUT2D eigenvalue weighted by atomic mass is 35.5. The zero-order valence-corrected chi connectivity index (χ0v) is 16.3. The molecule has 5 heterocycles. The Labute approximate surface area is 164 Å². The van der Waals surface area contributed by atoms with Crippen LogP contribution in [0, 0.1) is 6.92 Å². The molecule has 9 heteroatoms. The molecule has 0 spiro atoms. The molecule has 1 fully saturated rings. The molecule has 0 radical (unpaired) electrons. The summed E-state index contributed by atoms with van der Waals surface area (Å²) in [4.78, 5) is 6.99. The molecule has 0 saturated carbocycles. The number of fused-ring (bicyclic) bond motifs is 2. The van der Waals surface area contributed by atoms with Gasteiger partial charge in [0.05, 0.1) is 6.54 Å². The predicted octanol–water partition coefficient (Wildman–Crippen LogP) is 1.76. The van der Waals surface area contributed by atoms with Gasteiger partial charge in [0.25, 0.3) is 0 Å². The second kappa shape index (κ2) is 7.53. The molecular formula is C18H25ClN8. The molecule has 5 rings (SSSR count). The van der Waals surface area contributed by atoms with Gasteiger partial charge in [-0.25, -0.2) is 4.98 Å². The summed E-state index contributed by atoms with van der Waals surface area (Å²) in [7, 11) is 0. The average molecular weight is 389 g/mol. The zero-order chi connectivity index (χ0) is 17.5. The predicted molar refractivity (Wildman–Crippen MR) is 105 cm³/mol. The molecule has 0 aromatic carbocycles. The second-order valence-corrected chi connectivity index (χ2v) is 7.42. The van der Waals surface area contributed by atoms with Gasteiger partial charge in [0.15, 0.2) is 5.65 Å². The van der Waals surface area contributed by atoms with E-state index in [9.17, 15) is 0 Å². The lowest BCUT2D eigenvalue weighted by molar-refractivity contribution is 0.199. The molecule has 0 bridgehead atoms. The lowest BCUT2D eigenvalue weighted by atomic mass is 9.95. The van der Waals surface area contributed by atoms with E-state index in [4.69, 9.17) is 0 Å². The van der Waals surface area contributed by atoms with Crippen LogP contribution in [0.3, 0.4) is 0 Å².